The normalized spacial score (nSPS) is 11.3. The van der Waals surface area contributed by atoms with Crippen LogP contribution in [0.2, 0.25) is 0 Å². The maximum atomic E-state index is 11.8. The van der Waals surface area contributed by atoms with Crippen molar-refractivity contribution in [3.8, 4) is 39.7 Å². The first-order valence-electron chi connectivity index (χ1n) is 45.8. The number of benzene rings is 5. The number of nitrogens with zero attached hydrogens (tertiary/aromatic N) is 29. The van der Waals surface area contributed by atoms with Crippen molar-refractivity contribution in [2.24, 2.45) is 40.9 Å². The van der Waals surface area contributed by atoms with E-state index in [1.54, 1.807) is 49.6 Å². The van der Waals surface area contributed by atoms with Crippen molar-refractivity contribution in [3.63, 3.8) is 0 Å². The van der Waals surface area contributed by atoms with E-state index in [4.69, 9.17) is 29.0 Å². The molecular formula is C95H114N42O6S3. The SMILES string of the molecule is CNc1cc(NCCCOC)c(N=Nc2nn(-c3nnc(-n4cc(C#N)c(N=Nc5c(NCCCOC)nc(NC)nc5Nc5c(C)cc(C)cc5C)n4)s3)cc2C#N)c(Nc2c(C)cc(C)cc2C)c1.CNc1nc(NCCCOC)c(N=Nc2[nH]ncc2C#N)c(Nc2c(C)cc(C)cc2C)n1.CNc1nc(NCCCOC)c(N=Nc2nn(-c3nnc(S(C)(=O)=O)s3)cc2C#N)c(Nc2c(C)cc(C)cc2C)n1. The van der Waals surface area contributed by atoms with Gasteiger partial charge in [-0.3, -0.25) is 5.10 Å². The van der Waals surface area contributed by atoms with Crippen LogP contribution in [0.1, 0.15) is 115 Å². The van der Waals surface area contributed by atoms with Gasteiger partial charge in [-0.25, -0.2) is 22.5 Å². The number of H-pyrrole nitrogens is 1. The van der Waals surface area contributed by atoms with Gasteiger partial charge < -0.3 is 82.7 Å². The van der Waals surface area contributed by atoms with Crippen molar-refractivity contribution in [1.29, 1.82) is 21.0 Å². The smallest absolute Gasteiger partial charge is 0.234 e. The van der Waals surface area contributed by atoms with Gasteiger partial charge in [0.15, 0.2) is 57.8 Å². The molecule has 0 aliphatic carbocycles. The van der Waals surface area contributed by atoms with Crippen molar-refractivity contribution in [1.82, 2.24) is 89.8 Å². The Morgan fingerprint density at radius 1 is 0.370 bits per heavy atom. The molecule has 0 saturated carbocycles. The van der Waals surface area contributed by atoms with Crippen LogP contribution in [-0.2, 0) is 28.8 Å². The summed E-state index contributed by atoms with van der Waals surface area (Å²) in [6.07, 6.45) is 9.75. The number of azo groups is 4. The molecule has 0 aliphatic heterocycles. The second kappa shape index (κ2) is 51.1. The lowest BCUT2D eigenvalue weighted by atomic mass is 10.0. The molecule has 0 bridgehead atoms. The highest BCUT2D eigenvalue weighted by Gasteiger charge is 2.27. The molecule has 0 radical (unpaired) electrons. The van der Waals surface area contributed by atoms with Crippen LogP contribution in [0.5, 0.6) is 0 Å². The van der Waals surface area contributed by atoms with E-state index in [0.717, 1.165) is 131 Å². The van der Waals surface area contributed by atoms with Gasteiger partial charge in [-0.2, -0.15) is 56.1 Å². The van der Waals surface area contributed by atoms with E-state index in [-0.39, 0.29) is 54.6 Å². The van der Waals surface area contributed by atoms with Gasteiger partial charge >= 0.3 is 0 Å². The van der Waals surface area contributed by atoms with E-state index < -0.39 is 9.84 Å². The lowest BCUT2D eigenvalue weighted by molar-refractivity contribution is 0.197. The minimum absolute atomic E-state index is 0.00900. The number of sulfone groups is 1. The summed E-state index contributed by atoms with van der Waals surface area (Å²) in [5.74, 6) is 4.00. The Morgan fingerprint density at radius 2 is 0.678 bits per heavy atom. The molecule has 0 saturated heterocycles. The largest absolute Gasteiger partial charge is 0.388 e. The fourth-order valence-electron chi connectivity index (χ4n) is 15.0. The second-order valence-corrected chi connectivity index (χ2v) is 37.3. The van der Waals surface area contributed by atoms with Crippen LogP contribution in [0.15, 0.2) is 131 Å². The highest BCUT2D eigenvalue weighted by Crippen LogP contribution is 2.45. The molecule has 9 aromatic heterocycles. The third-order valence-electron chi connectivity index (χ3n) is 21.6. The number of methoxy groups -OCH3 is 4. The molecule has 0 atom stereocenters. The summed E-state index contributed by atoms with van der Waals surface area (Å²) in [5.41, 5.74) is 21.0. The topological polar surface area (TPSA) is 620 Å². The maximum Gasteiger partial charge on any atom is 0.234 e. The lowest BCUT2D eigenvalue weighted by Crippen LogP contribution is -2.10. The molecule has 9 heterocycles. The third kappa shape index (κ3) is 27.9. The first-order chi connectivity index (χ1) is 70.3. The number of anilines is 16. The van der Waals surface area contributed by atoms with Crippen molar-refractivity contribution in [3.05, 3.63) is 174 Å². The molecule has 0 unspecified atom stereocenters. The quantitative estimate of drug-likeness (QED) is 0.0125. The van der Waals surface area contributed by atoms with E-state index in [1.807, 2.05) is 86.7 Å². The van der Waals surface area contributed by atoms with Gasteiger partial charge in [-0.1, -0.05) is 93.5 Å². The number of nitriles is 4. The first-order valence-corrected chi connectivity index (χ1v) is 49.3. The van der Waals surface area contributed by atoms with Gasteiger partial charge in [0.05, 0.1) is 36.2 Å². The van der Waals surface area contributed by atoms with Crippen LogP contribution >= 0.6 is 22.7 Å². The summed E-state index contributed by atoms with van der Waals surface area (Å²) in [7, 11) is 10.1. The molecule has 146 heavy (non-hydrogen) atoms. The summed E-state index contributed by atoms with van der Waals surface area (Å²) >= 11 is 1.93. The Bertz CT molecular complexity index is 7130. The molecule has 48 nitrogen and oxygen atoms in total. The number of rotatable bonds is 44. The molecule has 0 aliphatic rings. The van der Waals surface area contributed by atoms with Crippen molar-refractivity contribution >= 4 is 171 Å². The third-order valence-corrected chi connectivity index (χ3v) is 25.1. The number of aromatic nitrogens is 18. The highest BCUT2D eigenvalue weighted by atomic mass is 32.2. The number of ether oxygens (including phenoxy) is 4. The predicted molar refractivity (Wildman–Crippen MR) is 565 cm³/mol. The van der Waals surface area contributed by atoms with Gasteiger partial charge in [0.1, 0.15) is 52.2 Å². The summed E-state index contributed by atoms with van der Waals surface area (Å²) in [5, 5.41) is 152. The van der Waals surface area contributed by atoms with Crippen LogP contribution in [0, 0.1) is 128 Å². The minimum Gasteiger partial charge on any atom is -0.388 e. The summed E-state index contributed by atoms with van der Waals surface area (Å²) in [6, 6.07) is 29.0. The molecule has 14 aromatic rings. The number of hydrogen-bond donors (Lipinski definition) is 13. The molecule has 13 N–H and O–H groups in total. The van der Waals surface area contributed by atoms with Gasteiger partial charge in [-0.05, 0) is 165 Å². The van der Waals surface area contributed by atoms with E-state index >= 15 is 0 Å². The van der Waals surface area contributed by atoms with E-state index in [9.17, 15) is 29.5 Å². The predicted octanol–water partition coefficient (Wildman–Crippen LogP) is 19.6. The average molecular weight is 2040 g/mol. The summed E-state index contributed by atoms with van der Waals surface area (Å²) in [6.45, 7) is 29.0. The van der Waals surface area contributed by atoms with Crippen molar-refractivity contribution in [2.45, 2.75) is 113 Å². The van der Waals surface area contributed by atoms with Crippen molar-refractivity contribution in [2.75, 3.05) is 179 Å². The highest BCUT2D eigenvalue weighted by molar-refractivity contribution is 7.92. The van der Waals surface area contributed by atoms with Crippen LogP contribution in [0.4, 0.5) is 139 Å². The van der Waals surface area contributed by atoms with Gasteiger partial charge in [0.25, 0.3) is 0 Å². The number of nitrogens with one attached hydrogen (secondary N) is 13. The Morgan fingerprint density at radius 3 is 1.00 bits per heavy atom. The van der Waals surface area contributed by atoms with Crippen LogP contribution in [0.3, 0.4) is 0 Å². The Balaban J connectivity index is 0.000000214. The fraction of sp³-hybridized carbons (Fsp3) is 0.347. The maximum absolute atomic E-state index is 11.8. The molecule has 758 valence electrons. The zero-order valence-electron chi connectivity index (χ0n) is 84.7. The molecule has 0 amide bonds. The Hall–Kier alpha value is -16.9. The minimum atomic E-state index is -3.55. The van der Waals surface area contributed by atoms with Crippen LogP contribution in [-0.4, -0.2) is 214 Å². The standard InChI is InChI=1S/C48H56N20O2S.C25H30N12O3S2.C22H28N10O/c1-27-17-29(3)38(30(4)18-27)55-37-22-35(51-7)21-36(53-13-11-15-69-9)40(37)59-61-42-33(23-49)25-67(65-42)47-63-64-48(71-47)68-26-34(24-50)43(66-68)62-60-41-44(54-14-12-16-70-10)57-46(52-8)58-45(41)56-39-31(5)19-28(2)20-32(39)6;1-14-10-15(2)18(16(3)11-14)29-22-19(21(28-8-7-9-40-5)30-23(27-4)31-22)32-33-20-17(12-26)13-37(36-20)24-34-35-25(41-24)42(6,38)39;1-13-9-14(2)17(15(3)10-13)27-21-18(30-32-19-16(11-23)12-26-31-19)20(25-7-6-8-33-5)28-22(24-4)29-21/h17-22,25-26,51,53,55H,11-16H2,1-10H3,(H3,52,54,56,57,58);10-11,13H,7-9H2,1-6H3,(H3,27,28,29,30,31);9-10,12H,6-8H2,1-5H3,(H,26,31)(H3,24,25,27,28,29). The number of aromatic amines is 1. The monoisotopic (exact) mass is 2030 g/mol. The van der Waals surface area contributed by atoms with Crippen LogP contribution < -0.4 is 63.8 Å². The average Bonchev–Trinajstić information content (AvgIpc) is 1.65. The number of hydrogen-bond acceptors (Lipinski definition) is 46. The van der Waals surface area contributed by atoms with E-state index in [2.05, 4.69) is 259 Å². The molecule has 0 spiro atoms. The fourth-order valence-corrected chi connectivity index (χ4v) is 17.2. The van der Waals surface area contributed by atoms with Crippen LogP contribution in [0.25, 0.3) is 15.4 Å². The Labute approximate surface area is 851 Å². The van der Waals surface area contributed by atoms with Gasteiger partial charge in [-0.15, -0.1) is 76.6 Å². The zero-order valence-corrected chi connectivity index (χ0v) is 87.2. The van der Waals surface area contributed by atoms with E-state index in [1.165, 1.54) is 44.4 Å². The zero-order chi connectivity index (χ0) is 105. The molecule has 14 rings (SSSR count). The molecular weight excluding hydrogens is 1920 g/mol. The Kier molecular flexibility index (Phi) is 37.8. The molecule has 5 aromatic carbocycles. The molecule has 51 heteroatoms. The summed E-state index contributed by atoms with van der Waals surface area (Å²) < 4.78 is 48.4. The first kappa shape index (κ1) is 108. The van der Waals surface area contributed by atoms with E-state index in [0.29, 0.717) is 163 Å². The van der Waals surface area contributed by atoms with Gasteiger partial charge in [0.2, 0.25) is 64.9 Å². The summed E-state index contributed by atoms with van der Waals surface area (Å²) in [4.78, 5) is 27.7. The lowest BCUT2D eigenvalue weighted by Gasteiger charge is -2.19. The second-order valence-electron chi connectivity index (χ2n) is 33.2. The van der Waals surface area contributed by atoms with Crippen molar-refractivity contribution < 1.29 is 27.4 Å². The molecule has 0 fully saturated rings. The van der Waals surface area contributed by atoms with Gasteiger partial charge in [0, 0.05) is 144 Å². The number of aryl methyl sites for hydroxylation is 12.